The molecule has 1 aliphatic rings. The van der Waals surface area contributed by atoms with Crippen LogP contribution in [-0.4, -0.2) is 54.0 Å². The van der Waals surface area contributed by atoms with Gasteiger partial charge in [0, 0.05) is 61.0 Å². The lowest BCUT2D eigenvalue weighted by atomic mass is 10.0. The first-order valence-corrected chi connectivity index (χ1v) is 10.3. The van der Waals surface area contributed by atoms with Gasteiger partial charge in [-0.1, -0.05) is 18.2 Å². The van der Waals surface area contributed by atoms with Crippen LogP contribution < -0.4 is 5.32 Å². The maximum absolute atomic E-state index is 13.4. The predicted octanol–water partition coefficient (Wildman–Crippen LogP) is 3.47. The van der Waals surface area contributed by atoms with E-state index in [0.29, 0.717) is 11.3 Å². The Hall–Kier alpha value is -2.96. The number of rotatable bonds is 6. The van der Waals surface area contributed by atoms with Gasteiger partial charge in [-0.25, -0.2) is 0 Å². The van der Waals surface area contributed by atoms with Crippen LogP contribution in [0.1, 0.15) is 28.5 Å². The van der Waals surface area contributed by atoms with Gasteiger partial charge in [0.05, 0.1) is 18.8 Å². The standard InChI is InChI=1S/C24H27N3O3/c1-17-23(24(29)19-7-9-20(10-8-19)25-18(2)28)21-5-3-4-6-22(21)27(17)12-11-26-13-15-30-16-14-26/h3-10H,11-16H2,1-2H3,(H,25,28). The number of carbonyl (C=O) groups is 2. The van der Waals surface area contributed by atoms with Gasteiger partial charge in [-0.15, -0.1) is 0 Å². The number of para-hydroxylation sites is 1. The first-order chi connectivity index (χ1) is 14.5. The van der Waals surface area contributed by atoms with Crippen LogP contribution in [0.25, 0.3) is 10.9 Å². The zero-order valence-electron chi connectivity index (χ0n) is 17.5. The number of fused-ring (bicyclic) bond motifs is 1. The van der Waals surface area contributed by atoms with E-state index >= 15 is 0 Å². The highest BCUT2D eigenvalue weighted by molar-refractivity contribution is 6.17. The lowest BCUT2D eigenvalue weighted by Crippen LogP contribution is -2.38. The van der Waals surface area contributed by atoms with Gasteiger partial charge in [-0.2, -0.15) is 0 Å². The summed E-state index contributed by atoms with van der Waals surface area (Å²) >= 11 is 0. The Morgan fingerprint density at radius 1 is 1.00 bits per heavy atom. The molecule has 4 rings (SSSR count). The van der Waals surface area contributed by atoms with E-state index in [1.165, 1.54) is 6.92 Å². The van der Waals surface area contributed by atoms with Crippen molar-refractivity contribution < 1.29 is 14.3 Å². The number of nitrogens with one attached hydrogen (secondary N) is 1. The van der Waals surface area contributed by atoms with E-state index in [1.54, 1.807) is 24.3 Å². The number of anilines is 1. The molecule has 156 valence electrons. The van der Waals surface area contributed by atoms with Crippen LogP contribution in [-0.2, 0) is 16.1 Å². The fourth-order valence-electron chi connectivity index (χ4n) is 4.12. The highest BCUT2D eigenvalue weighted by Crippen LogP contribution is 2.28. The number of carbonyl (C=O) groups excluding carboxylic acids is 2. The van der Waals surface area contributed by atoms with Crippen molar-refractivity contribution >= 4 is 28.3 Å². The minimum absolute atomic E-state index is 0.00296. The van der Waals surface area contributed by atoms with E-state index in [1.807, 2.05) is 25.1 Å². The number of hydrogen-bond donors (Lipinski definition) is 1. The molecule has 0 bridgehead atoms. The summed E-state index contributed by atoms with van der Waals surface area (Å²) in [7, 11) is 0. The van der Waals surface area contributed by atoms with Crippen LogP contribution in [0, 0.1) is 6.92 Å². The van der Waals surface area contributed by atoms with Crippen molar-refractivity contribution in [1.82, 2.24) is 9.47 Å². The van der Waals surface area contributed by atoms with Gasteiger partial charge in [0.25, 0.3) is 0 Å². The Bertz CT molecular complexity index is 1060. The van der Waals surface area contributed by atoms with Crippen molar-refractivity contribution in [2.75, 3.05) is 38.2 Å². The van der Waals surface area contributed by atoms with E-state index in [2.05, 4.69) is 20.9 Å². The molecule has 1 aliphatic heterocycles. The second-order valence-electron chi connectivity index (χ2n) is 7.67. The molecule has 3 aromatic rings. The van der Waals surface area contributed by atoms with Crippen molar-refractivity contribution in [3.63, 3.8) is 0 Å². The minimum atomic E-state index is -0.131. The summed E-state index contributed by atoms with van der Waals surface area (Å²) in [5.74, 6) is -0.128. The summed E-state index contributed by atoms with van der Waals surface area (Å²) < 4.78 is 7.70. The van der Waals surface area contributed by atoms with E-state index < -0.39 is 0 Å². The minimum Gasteiger partial charge on any atom is -0.379 e. The van der Waals surface area contributed by atoms with Gasteiger partial charge in [0.1, 0.15) is 0 Å². The third-order valence-corrected chi connectivity index (χ3v) is 5.67. The highest BCUT2D eigenvalue weighted by atomic mass is 16.5. The fraction of sp³-hybridized carbons (Fsp3) is 0.333. The smallest absolute Gasteiger partial charge is 0.221 e. The highest BCUT2D eigenvalue weighted by Gasteiger charge is 2.21. The SMILES string of the molecule is CC(=O)Nc1ccc(C(=O)c2c(C)n(CCN3CCOCC3)c3ccccc23)cc1. The Balaban J connectivity index is 1.64. The molecule has 1 saturated heterocycles. The van der Waals surface area contributed by atoms with Gasteiger partial charge in [0.2, 0.25) is 5.91 Å². The number of hydrogen-bond acceptors (Lipinski definition) is 4. The second-order valence-corrected chi connectivity index (χ2v) is 7.67. The molecule has 6 heteroatoms. The number of ketones is 1. The summed E-state index contributed by atoms with van der Waals surface area (Å²) in [6, 6.07) is 15.2. The Kier molecular flexibility index (Phi) is 5.97. The van der Waals surface area contributed by atoms with Gasteiger partial charge in [0.15, 0.2) is 5.78 Å². The number of amides is 1. The molecule has 1 amide bonds. The predicted molar refractivity (Wildman–Crippen MR) is 118 cm³/mol. The number of benzene rings is 2. The molecular weight excluding hydrogens is 378 g/mol. The normalized spacial score (nSPS) is 14.7. The average molecular weight is 405 g/mol. The van der Waals surface area contributed by atoms with Crippen molar-refractivity contribution in [3.8, 4) is 0 Å². The number of nitrogens with zero attached hydrogens (tertiary/aromatic N) is 2. The van der Waals surface area contributed by atoms with Crippen molar-refractivity contribution in [2.45, 2.75) is 20.4 Å². The molecule has 2 aromatic carbocycles. The maximum atomic E-state index is 13.4. The summed E-state index contributed by atoms with van der Waals surface area (Å²) in [5.41, 5.74) is 4.12. The van der Waals surface area contributed by atoms with Gasteiger partial charge in [-0.05, 0) is 37.3 Å². The van der Waals surface area contributed by atoms with E-state index in [-0.39, 0.29) is 11.7 Å². The molecule has 0 unspecified atom stereocenters. The lowest BCUT2D eigenvalue weighted by molar-refractivity contribution is -0.114. The van der Waals surface area contributed by atoms with Gasteiger partial charge >= 0.3 is 0 Å². The van der Waals surface area contributed by atoms with Gasteiger partial charge in [-0.3, -0.25) is 14.5 Å². The third kappa shape index (κ3) is 4.15. The van der Waals surface area contributed by atoms with E-state index in [0.717, 1.165) is 61.6 Å². The third-order valence-electron chi connectivity index (χ3n) is 5.67. The summed E-state index contributed by atoms with van der Waals surface area (Å²) in [4.78, 5) is 27.0. The van der Waals surface area contributed by atoms with E-state index in [4.69, 9.17) is 4.74 Å². The van der Waals surface area contributed by atoms with Crippen LogP contribution in [0.5, 0.6) is 0 Å². The molecule has 2 heterocycles. The van der Waals surface area contributed by atoms with Crippen molar-refractivity contribution in [3.05, 3.63) is 65.4 Å². The molecule has 0 radical (unpaired) electrons. The zero-order chi connectivity index (χ0) is 21.1. The lowest BCUT2D eigenvalue weighted by Gasteiger charge is -2.27. The van der Waals surface area contributed by atoms with Crippen LogP contribution >= 0.6 is 0 Å². The summed E-state index contributed by atoms with van der Waals surface area (Å²) in [6.07, 6.45) is 0. The van der Waals surface area contributed by atoms with E-state index in [9.17, 15) is 9.59 Å². The zero-order valence-corrected chi connectivity index (χ0v) is 17.5. The first kappa shape index (κ1) is 20.3. The van der Waals surface area contributed by atoms with Crippen molar-refractivity contribution in [1.29, 1.82) is 0 Å². The largest absolute Gasteiger partial charge is 0.379 e. The Morgan fingerprint density at radius 2 is 1.70 bits per heavy atom. The van der Waals surface area contributed by atoms with Gasteiger partial charge < -0.3 is 14.6 Å². The molecule has 1 N–H and O–H groups in total. The molecule has 1 aromatic heterocycles. The number of aromatic nitrogens is 1. The monoisotopic (exact) mass is 405 g/mol. The summed E-state index contributed by atoms with van der Waals surface area (Å²) in [5, 5.41) is 3.72. The second kappa shape index (κ2) is 8.81. The topological polar surface area (TPSA) is 63.6 Å². The number of morpholine rings is 1. The average Bonchev–Trinajstić information content (AvgIpc) is 3.04. The quantitative estimate of drug-likeness (QED) is 0.638. The summed E-state index contributed by atoms with van der Waals surface area (Å²) in [6.45, 7) is 8.72. The maximum Gasteiger partial charge on any atom is 0.221 e. The van der Waals surface area contributed by atoms with Crippen LogP contribution in [0.4, 0.5) is 5.69 Å². The molecular formula is C24H27N3O3. The number of ether oxygens (including phenoxy) is 1. The molecule has 0 aliphatic carbocycles. The molecule has 6 nitrogen and oxygen atoms in total. The van der Waals surface area contributed by atoms with Crippen molar-refractivity contribution in [2.24, 2.45) is 0 Å². The molecule has 30 heavy (non-hydrogen) atoms. The molecule has 0 atom stereocenters. The Morgan fingerprint density at radius 3 is 2.40 bits per heavy atom. The van der Waals surface area contributed by atoms with Crippen LogP contribution in [0.15, 0.2) is 48.5 Å². The Labute approximate surface area is 176 Å². The molecule has 1 fully saturated rings. The van der Waals surface area contributed by atoms with Crippen LogP contribution in [0.3, 0.4) is 0 Å². The fourth-order valence-corrected chi connectivity index (χ4v) is 4.12. The van der Waals surface area contributed by atoms with Crippen LogP contribution in [0.2, 0.25) is 0 Å². The molecule has 0 saturated carbocycles. The first-order valence-electron chi connectivity index (χ1n) is 10.3. The molecule has 0 spiro atoms.